The van der Waals surface area contributed by atoms with Crippen LogP contribution in [0.25, 0.3) is 0 Å². The third kappa shape index (κ3) is 3.31. The number of amides is 1. The fourth-order valence-electron chi connectivity index (χ4n) is 1.80. The highest BCUT2D eigenvalue weighted by molar-refractivity contribution is 5.94. The number of aryl methyl sites for hydroxylation is 1. The van der Waals surface area contributed by atoms with Crippen LogP contribution in [0.1, 0.15) is 21.6 Å². The van der Waals surface area contributed by atoms with Gasteiger partial charge in [0.2, 0.25) is 0 Å². The number of aromatic nitrogens is 1. The smallest absolute Gasteiger partial charge is 0.251 e. The lowest BCUT2D eigenvalue weighted by molar-refractivity contribution is 0.0950. The molecule has 4 nitrogen and oxygen atoms in total. The Labute approximate surface area is 112 Å². The van der Waals surface area contributed by atoms with E-state index < -0.39 is 0 Å². The Morgan fingerprint density at radius 1 is 1.32 bits per heavy atom. The summed E-state index contributed by atoms with van der Waals surface area (Å²) >= 11 is 0. The molecule has 0 saturated carbocycles. The van der Waals surface area contributed by atoms with Gasteiger partial charge in [-0.1, -0.05) is 6.07 Å². The summed E-state index contributed by atoms with van der Waals surface area (Å²) in [5.74, 6) is 0.665. The molecule has 2 rings (SSSR count). The van der Waals surface area contributed by atoms with Crippen LogP contribution in [0.4, 0.5) is 0 Å². The number of nitrogens with one attached hydrogen (secondary N) is 1. The quantitative estimate of drug-likeness (QED) is 0.913. The minimum absolute atomic E-state index is 0.114. The van der Waals surface area contributed by atoms with Crippen molar-refractivity contribution in [1.82, 2.24) is 10.3 Å². The number of nitrogens with zero attached hydrogens (tertiary/aromatic N) is 1. The zero-order chi connectivity index (χ0) is 13.7. The lowest BCUT2D eigenvalue weighted by Crippen LogP contribution is -2.23. The average molecular weight is 256 g/mol. The number of carbonyl (C=O) groups is 1. The van der Waals surface area contributed by atoms with Crippen molar-refractivity contribution in [3.05, 3.63) is 59.4 Å². The van der Waals surface area contributed by atoms with E-state index in [4.69, 9.17) is 4.74 Å². The lowest BCUT2D eigenvalue weighted by Gasteiger charge is -2.08. The van der Waals surface area contributed by atoms with E-state index in [-0.39, 0.29) is 5.91 Å². The maximum absolute atomic E-state index is 12.0. The Balaban J connectivity index is 2.02. The fraction of sp³-hybridized carbons (Fsp3) is 0.200. The maximum atomic E-state index is 12.0. The standard InChI is InChI=1S/C15H16N2O2/c1-11-9-12(6-7-14(11)19-2)15(18)17-10-13-5-3-4-8-16-13/h3-9H,10H2,1-2H3,(H,17,18). The fourth-order valence-corrected chi connectivity index (χ4v) is 1.80. The Kier molecular flexibility index (Phi) is 4.13. The molecule has 0 aliphatic rings. The van der Waals surface area contributed by atoms with Gasteiger partial charge < -0.3 is 10.1 Å². The number of benzene rings is 1. The van der Waals surface area contributed by atoms with Gasteiger partial charge >= 0.3 is 0 Å². The van der Waals surface area contributed by atoms with Crippen LogP contribution in [0.3, 0.4) is 0 Å². The van der Waals surface area contributed by atoms with Gasteiger partial charge in [0.05, 0.1) is 19.3 Å². The van der Waals surface area contributed by atoms with Crippen molar-refractivity contribution in [2.45, 2.75) is 13.5 Å². The van der Waals surface area contributed by atoms with Crippen LogP contribution in [-0.2, 0) is 6.54 Å². The second kappa shape index (κ2) is 6.00. The molecule has 0 atom stereocenters. The summed E-state index contributed by atoms with van der Waals surface area (Å²) in [4.78, 5) is 16.1. The van der Waals surface area contributed by atoms with Crippen LogP contribution >= 0.6 is 0 Å². The van der Waals surface area contributed by atoms with Crippen LogP contribution in [0.15, 0.2) is 42.6 Å². The summed E-state index contributed by atoms with van der Waals surface area (Å²) in [6.07, 6.45) is 1.71. The van der Waals surface area contributed by atoms with Crippen molar-refractivity contribution < 1.29 is 9.53 Å². The Bertz CT molecular complexity index is 568. The molecule has 0 fully saturated rings. The molecule has 4 heteroatoms. The normalized spacial score (nSPS) is 10.0. The van der Waals surface area contributed by atoms with Crippen LogP contribution in [0.2, 0.25) is 0 Å². The summed E-state index contributed by atoms with van der Waals surface area (Å²) in [6, 6.07) is 11.0. The van der Waals surface area contributed by atoms with Crippen molar-refractivity contribution in [2.75, 3.05) is 7.11 Å². The number of carbonyl (C=O) groups excluding carboxylic acids is 1. The number of pyridine rings is 1. The van der Waals surface area contributed by atoms with Gasteiger partial charge in [-0.25, -0.2) is 0 Å². The first-order valence-corrected chi connectivity index (χ1v) is 6.03. The highest BCUT2D eigenvalue weighted by Gasteiger charge is 2.07. The summed E-state index contributed by atoms with van der Waals surface area (Å²) in [7, 11) is 1.61. The third-order valence-corrected chi connectivity index (χ3v) is 2.81. The Morgan fingerprint density at radius 3 is 2.79 bits per heavy atom. The van der Waals surface area contributed by atoms with E-state index in [1.807, 2.05) is 31.2 Å². The predicted molar refractivity (Wildman–Crippen MR) is 73.1 cm³/mol. The highest BCUT2D eigenvalue weighted by atomic mass is 16.5. The molecule has 0 aliphatic carbocycles. The largest absolute Gasteiger partial charge is 0.496 e. The van der Waals surface area contributed by atoms with Crippen molar-refractivity contribution in [2.24, 2.45) is 0 Å². The second-order valence-corrected chi connectivity index (χ2v) is 4.19. The van der Waals surface area contributed by atoms with Gasteiger partial charge in [-0.2, -0.15) is 0 Å². The zero-order valence-electron chi connectivity index (χ0n) is 11.0. The molecule has 0 spiro atoms. The molecule has 1 heterocycles. The number of hydrogen-bond donors (Lipinski definition) is 1. The van der Waals surface area contributed by atoms with Crippen molar-refractivity contribution in [3.63, 3.8) is 0 Å². The molecule has 0 unspecified atom stereocenters. The summed E-state index contributed by atoms with van der Waals surface area (Å²) in [5.41, 5.74) is 2.39. The molecule has 2 aromatic rings. The predicted octanol–water partition coefficient (Wildman–Crippen LogP) is 2.33. The number of rotatable bonds is 4. The van der Waals surface area contributed by atoms with Crippen molar-refractivity contribution in [3.8, 4) is 5.75 Å². The molecular formula is C15H16N2O2. The molecular weight excluding hydrogens is 240 g/mol. The Morgan fingerprint density at radius 2 is 2.16 bits per heavy atom. The number of hydrogen-bond acceptors (Lipinski definition) is 3. The van der Waals surface area contributed by atoms with Gasteiger partial charge in [-0.05, 0) is 42.8 Å². The molecule has 1 N–H and O–H groups in total. The number of ether oxygens (including phenoxy) is 1. The lowest BCUT2D eigenvalue weighted by atomic mass is 10.1. The van der Waals surface area contributed by atoms with E-state index in [0.717, 1.165) is 17.0 Å². The van der Waals surface area contributed by atoms with Crippen molar-refractivity contribution >= 4 is 5.91 Å². The molecule has 98 valence electrons. The molecule has 0 radical (unpaired) electrons. The molecule has 1 aromatic carbocycles. The van der Waals surface area contributed by atoms with Crippen molar-refractivity contribution in [1.29, 1.82) is 0 Å². The SMILES string of the molecule is COc1ccc(C(=O)NCc2ccccn2)cc1C. The van der Waals surface area contributed by atoms with Gasteiger partial charge in [0.1, 0.15) is 5.75 Å². The van der Waals surface area contributed by atoms with E-state index in [1.54, 1.807) is 25.4 Å². The first-order valence-electron chi connectivity index (χ1n) is 6.03. The van der Waals surface area contributed by atoms with Crippen LogP contribution < -0.4 is 10.1 Å². The zero-order valence-corrected chi connectivity index (χ0v) is 11.0. The van der Waals surface area contributed by atoms with Gasteiger partial charge in [-0.15, -0.1) is 0 Å². The maximum Gasteiger partial charge on any atom is 0.251 e. The molecule has 1 aromatic heterocycles. The third-order valence-electron chi connectivity index (χ3n) is 2.81. The van der Waals surface area contributed by atoms with Gasteiger partial charge in [0, 0.05) is 11.8 Å². The Hall–Kier alpha value is -2.36. The van der Waals surface area contributed by atoms with E-state index in [2.05, 4.69) is 10.3 Å². The second-order valence-electron chi connectivity index (χ2n) is 4.19. The first kappa shape index (κ1) is 13.1. The van der Waals surface area contributed by atoms with Crippen LogP contribution in [-0.4, -0.2) is 18.0 Å². The molecule has 19 heavy (non-hydrogen) atoms. The van der Waals surface area contributed by atoms with Gasteiger partial charge in [-0.3, -0.25) is 9.78 Å². The summed E-state index contributed by atoms with van der Waals surface area (Å²) in [5, 5.41) is 2.84. The number of methoxy groups -OCH3 is 1. The summed E-state index contributed by atoms with van der Waals surface area (Å²) in [6.45, 7) is 2.33. The average Bonchev–Trinajstić information content (AvgIpc) is 2.45. The van der Waals surface area contributed by atoms with Gasteiger partial charge in [0.25, 0.3) is 5.91 Å². The van der Waals surface area contributed by atoms with E-state index in [9.17, 15) is 4.79 Å². The topological polar surface area (TPSA) is 51.2 Å². The van der Waals surface area contributed by atoms with E-state index >= 15 is 0 Å². The summed E-state index contributed by atoms with van der Waals surface area (Å²) < 4.78 is 5.17. The molecule has 0 bridgehead atoms. The first-order chi connectivity index (χ1) is 9.20. The van der Waals surface area contributed by atoms with E-state index in [0.29, 0.717) is 12.1 Å². The molecule has 0 aliphatic heterocycles. The van der Waals surface area contributed by atoms with Crippen LogP contribution in [0, 0.1) is 6.92 Å². The monoisotopic (exact) mass is 256 g/mol. The molecule has 1 amide bonds. The minimum Gasteiger partial charge on any atom is -0.496 e. The minimum atomic E-state index is -0.114. The van der Waals surface area contributed by atoms with Crippen LogP contribution in [0.5, 0.6) is 5.75 Å². The highest BCUT2D eigenvalue weighted by Crippen LogP contribution is 2.18. The molecule has 0 saturated heterocycles. The van der Waals surface area contributed by atoms with Gasteiger partial charge in [0.15, 0.2) is 0 Å². The van der Waals surface area contributed by atoms with E-state index in [1.165, 1.54) is 0 Å².